The Kier molecular flexibility index (Phi) is 3.46. The fraction of sp³-hybridized carbons (Fsp3) is 0.850. The zero-order valence-electron chi connectivity index (χ0n) is 14.4. The predicted octanol–water partition coefficient (Wildman–Crippen LogP) is 4.01. The van der Waals surface area contributed by atoms with Crippen LogP contribution in [-0.2, 0) is 4.79 Å². The second-order valence-electron chi connectivity index (χ2n) is 9.15. The van der Waals surface area contributed by atoms with Crippen molar-refractivity contribution in [1.82, 2.24) is 0 Å². The van der Waals surface area contributed by atoms with Crippen LogP contribution >= 0.6 is 0 Å². The molecule has 0 bridgehead atoms. The molecule has 23 heavy (non-hydrogen) atoms. The third-order valence-electron chi connectivity index (χ3n) is 8.38. The maximum atomic E-state index is 11.4. The minimum atomic E-state index is -0.656. The van der Waals surface area contributed by atoms with E-state index in [4.69, 9.17) is 0 Å². The Bertz CT molecular complexity index is 553. The molecule has 0 aromatic rings. The zero-order valence-corrected chi connectivity index (χ0v) is 14.4. The number of carbonyl (C=O) groups is 1. The van der Waals surface area contributed by atoms with Gasteiger partial charge in [0.1, 0.15) is 0 Å². The van der Waals surface area contributed by atoms with Crippen molar-refractivity contribution < 1.29 is 15.0 Å². The van der Waals surface area contributed by atoms with E-state index in [1.807, 2.05) is 0 Å². The van der Waals surface area contributed by atoms with E-state index in [1.54, 1.807) is 0 Å². The molecule has 4 aliphatic carbocycles. The molecule has 0 spiro atoms. The van der Waals surface area contributed by atoms with Gasteiger partial charge in [-0.3, -0.25) is 4.79 Å². The highest BCUT2D eigenvalue weighted by molar-refractivity contribution is 5.72. The van der Waals surface area contributed by atoms with Gasteiger partial charge in [-0.25, -0.2) is 0 Å². The van der Waals surface area contributed by atoms with Gasteiger partial charge < -0.3 is 10.2 Å². The second kappa shape index (κ2) is 5.08. The Balaban J connectivity index is 1.65. The van der Waals surface area contributed by atoms with E-state index in [0.29, 0.717) is 11.8 Å². The van der Waals surface area contributed by atoms with E-state index >= 15 is 0 Å². The van der Waals surface area contributed by atoms with Crippen LogP contribution in [0.2, 0.25) is 0 Å². The summed E-state index contributed by atoms with van der Waals surface area (Å²) in [6.07, 6.45) is 10.6. The summed E-state index contributed by atoms with van der Waals surface area (Å²) in [4.78, 5) is 11.4. The van der Waals surface area contributed by atoms with E-state index < -0.39 is 5.97 Å². The first kappa shape index (κ1) is 15.7. The van der Waals surface area contributed by atoms with Gasteiger partial charge in [0.2, 0.25) is 0 Å². The molecule has 0 heterocycles. The average Bonchev–Trinajstić information content (AvgIpc) is 2.82. The van der Waals surface area contributed by atoms with E-state index in [1.165, 1.54) is 24.8 Å². The summed E-state index contributed by atoms with van der Waals surface area (Å²) in [6, 6.07) is 0. The SMILES string of the molecule is C[C@]12CC[C@H]3[C@@H](CCC4=CC(C(=O)O)CC[C@@]43C)[C@@H]1CC[C@@H]2O. The minimum absolute atomic E-state index is 0.110. The van der Waals surface area contributed by atoms with Crippen LogP contribution in [0.5, 0.6) is 0 Å². The topological polar surface area (TPSA) is 57.5 Å². The summed E-state index contributed by atoms with van der Waals surface area (Å²) in [5.74, 6) is 1.18. The minimum Gasteiger partial charge on any atom is -0.481 e. The van der Waals surface area contributed by atoms with Gasteiger partial charge in [0.15, 0.2) is 0 Å². The monoisotopic (exact) mass is 318 g/mol. The summed E-state index contributed by atoms with van der Waals surface area (Å²) in [7, 11) is 0. The fourth-order valence-corrected chi connectivity index (χ4v) is 6.90. The Morgan fingerprint density at radius 2 is 1.87 bits per heavy atom. The van der Waals surface area contributed by atoms with Gasteiger partial charge in [-0.1, -0.05) is 25.5 Å². The Morgan fingerprint density at radius 3 is 2.61 bits per heavy atom. The molecule has 0 radical (unpaired) electrons. The second-order valence-corrected chi connectivity index (χ2v) is 9.15. The molecule has 4 rings (SSSR count). The molecule has 0 saturated heterocycles. The molecule has 4 aliphatic rings. The Labute approximate surface area is 139 Å². The first-order valence-corrected chi connectivity index (χ1v) is 9.48. The normalized spacial score (nSPS) is 52.1. The zero-order chi connectivity index (χ0) is 16.4. The van der Waals surface area contributed by atoms with Gasteiger partial charge in [-0.2, -0.15) is 0 Å². The van der Waals surface area contributed by atoms with Gasteiger partial charge in [-0.15, -0.1) is 0 Å². The number of aliphatic hydroxyl groups excluding tert-OH is 1. The molecule has 2 N–H and O–H groups in total. The number of allylic oxidation sites excluding steroid dienone is 1. The molecular formula is C20H30O3. The average molecular weight is 318 g/mol. The number of hydrogen-bond donors (Lipinski definition) is 2. The van der Waals surface area contributed by atoms with Crippen LogP contribution in [0.25, 0.3) is 0 Å². The van der Waals surface area contributed by atoms with Crippen LogP contribution < -0.4 is 0 Å². The van der Waals surface area contributed by atoms with E-state index in [0.717, 1.165) is 38.0 Å². The van der Waals surface area contributed by atoms with Crippen molar-refractivity contribution in [2.45, 2.75) is 71.3 Å². The Hall–Kier alpha value is -0.830. The van der Waals surface area contributed by atoms with Gasteiger partial charge in [0.05, 0.1) is 12.0 Å². The van der Waals surface area contributed by atoms with Gasteiger partial charge in [-0.05, 0) is 80.0 Å². The van der Waals surface area contributed by atoms with Crippen LogP contribution in [0.3, 0.4) is 0 Å². The first-order valence-electron chi connectivity index (χ1n) is 9.48. The number of aliphatic carboxylic acids is 1. The van der Waals surface area contributed by atoms with Gasteiger partial charge in [0, 0.05) is 0 Å². The quantitative estimate of drug-likeness (QED) is 0.718. The first-order chi connectivity index (χ1) is 10.9. The van der Waals surface area contributed by atoms with Crippen molar-refractivity contribution in [2.24, 2.45) is 34.5 Å². The van der Waals surface area contributed by atoms with Gasteiger partial charge in [0.25, 0.3) is 0 Å². The molecule has 3 nitrogen and oxygen atoms in total. The Morgan fingerprint density at radius 1 is 1.09 bits per heavy atom. The van der Waals surface area contributed by atoms with Gasteiger partial charge >= 0.3 is 5.97 Å². The molecule has 3 saturated carbocycles. The number of carboxylic acid groups (broad SMARTS) is 1. The fourth-order valence-electron chi connectivity index (χ4n) is 6.90. The van der Waals surface area contributed by atoms with Crippen LogP contribution in [0.15, 0.2) is 11.6 Å². The van der Waals surface area contributed by atoms with Crippen molar-refractivity contribution in [3.8, 4) is 0 Å². The molecule has 7 atom stereocenters. The largest absolute Gasteiger partial charge is 0.481 e. The lowest BCUT2D eigenvalue weighted by Gasteiger charge is -2.58. The number of aliphatic hydroxyl groups is 1. The summed E-state index contributed by atoms with van der Waals surface area (Å²) >= 11 is 0. The molecular weight excluding hydrogens is 288 g/mol. The van der Waals surface area contributed by atoms with Crippen molar-refractivity contribution >= 4 is 5.97 Å². The summed E-state index contributed by atoms with van der Waals surface area (Å²) < 4.78 is 0. The van der Waals surface area contributed by atoms with E-state index in [9.17, 15) is 15.0 Å². The molecule has 0 aliphatic heterocycles. The van der Waals surface area contributed by atoms with E-state index in [-0.39, 0.29) is 22.9 Å². The highest BCUT2D eigenvalue weighted by Crippen LogP contribution is 2.65. The van der Waals surface area contributed by atoms with Crippen LogP contribution in [0.4, 0.5) is 0 Å². The lowest BCUT2D eigenvalue weighted by atomic mass is 9.47. The predicted molar refractivity (Wildman–Crippen MR) is 88.8 cm³/mol. The van der Waals surface area contributed by atoms with E-state index in [2.05, 4.69) is 19.9 Å². The number of hydrogen-bond acceptors (Lipinski definition) is 2. The maximum absolute atomic E-state index is 11.4. The molecule has 0 aromatic heterocycles. The summed E-state index contributed by atoms with van der Waals surface area (Å²) in [5, 5.41) is 19.8. The number of rotatable bonds is 1. The molecule has 0 aromatic carbocycles. The highest BCUT2D eigenvalue weighted by atomic mass is 16.4. The third kappa shape index (κ3) is 2.08. The smallest absolute Gasteiger partial charge is 0.310 e. The number of carboxylic acids is 1. The molecule has 1 unspecified atom stereocenters. The van der Waals surface area contributed by atoms with Crippen LogP contribution in [-0.4, -0.2) is 22.3 Å². The van der Waals surface area contributed by atoms with Crippen molar-refractivity contribution in [3.63, 3.8) is 0 Å². The molecule has 3 heteroatoms. The summed E-state index contributed by atoms with van der Waals surface area (Å²) in [5.41, 5.74) is 1.78. The summed E-state index contributed by atoms with van der Waals surface area (Å²) in [6.45, 7) is 4.72. The molecule has 3 fully saturated rings. The number of fused-ring (bicyclic) bond motifs is 5. The third-order valence-corrected chi connectivity index (χ3v) is 8.38. The van der Waals surface area contributed by atoms with Crippen LogP contribution in [0.1, 0.15) is 65.2 Å². The highest BCUT2D eigenvalue weighted by Gasteiger charge is 2.58. The molecule has 128 valence electrons. The maximum Gasteiger partial charge on any atom is 0.310 e. The van der Waals surface area contributed by atoms with Crippen LogP contribution in [0, 0.1) is 34.5 Å². The standard InChI is InChI=1S/C20H30O3/c1-19-9-7-12(18(22)23)11-13(19)3-4-14-15-5-6-17(21)20(15,2)10-8-16(14)19/h11-12,14-17,21H,3-10H2,1-2H3,(H,22,23)/t12?,14-,15-,16-,17-,19-,20-/m0/s1. The lowest BCUT2D eigenvalue weighted by molar-refractivity contribution is -0.141. The molecule has 0 amide bonds. The lowest BCUT2D eigenvalue weighted by Crippen LogP contribution is -2.51. The van der Waals surface area contributed by atoms with Crippen molar-refractivity contribution in [2.75, 3.05) is 0 Å². The van der Waals surface area contributed by atoms with Crippen molar-refractivity contribution in [1.29, 1.82) is 0 Å². The van der Waals surface area contributed by atoms with Crippen molar-refractivity contribution in [3.05, 3.63) is 11.6 Å².